The lowest BCUT2D eigenvalue weighted by molar-refractivity contribution is -0.111. The molecule has 1 aromatic carbocycles. The van der Waals surface area contributed by atoms with Gasteiger partial charge in [0.2, 0.25) is 5.78 Å². The Labute approximate surface area is 135 Å². The van der Waals surface area contributed by atoms with Crippen LogP contribution in [0.3, 0.4) is 0 Å². The highest BCUT2D eigenvalue weighted by Gasteiger charge is 2.25. The van der Waals surface area contributed by atoms with Crippen molar-refractivity contribution in [1.82, 2.24) is 15.8 Å². The van der Waals surface area contributed by atoms with Crippen molar-refractivity contribution < 1.29 is 9.59 Å². The molecule has 1 aromatic rings. The number of aliphatic imine (C=N–C) groups is 1. The molecule has 0 aliphatic carbocycles. The lowest BCUT2D eigenvalue weighted by Crippen LogP contribution is -2.42. The van der Waals surface area contributed by atoms with Crippen LogP contribution < -0.4 is 10.9 Å². The highest BCUT2D eigenvalue weighted by Crippen LogP contribution is 2.23. The fraction of sp³-hybridized carbons (Fsp3) is 0.471. The molecule has 2 fully saturated rings. The lowest BCUT2D eigenvalue weighted by atomic mass is 10.0. The molecule has 0 bridgehead atoms. The van der Waals surface area contributed by atoms with E-state index < -0.39 is 0 Å². The molecular weight excluding hydrogens is 292 g/mol. The van der Waals surface area contributed by atoms with Gasteiger partial charge in [0.25, 0.3) is 5.91 Å². The minimum Gasteiger partial charge on any atom is -0.336 e. The third-order valence-electron chi connectivity index (χ3n) is 4.46. The van der Waals surface area contributed by atoms with Crippen LogP contribution in [0.15, 0.2) is 23.2 Å². The second-order valence-electron chi connectivity index (χ2n) is 6.20. The summed E-state index contributed by atoms with van der Waals surface area (Å²) >= 11 is 0. The number of hydrogen-bond donors (Lipinski definition) is 2. The molecule has 2 saturated heterocycles. The Hall–Kier alpha value is -2.21. The molecule has 2 aliphatic rings. The van der Waals surface area contributed by atoms with Crippen LogP contribution in [-0.2, 0) is 4.79 Å². The van der Waals surface area contributed by atoms with Crippen LogP contribution in [0.25, 0.3) is 0 Å². The van der Waals surface area contributed by atoms with Gasteiger partial charge in [-0.1, -0.05) is 0 Å². The van der Waals surface area contributed by atoms with Gasteiger partial charge in [-0.15, -0.1) is 0 Å². The molecule has 0 aromatic heterocycles. The number of hydrazine groups is 1. The SMILES string of the molecule is Cc1cc(N=C2NNCC2=O)ccc1C(=O)N1CCCC[C@@H]1C. The second-order valence-corrected chi connectivity index (χ2v) is 6.20. The van der Waals surface area contributed by atoms with Gasteiger partial charge in [0.1, 0.15) is 0 Å². The number of piperidine rings is 1. The van der Waals surface area contributed by atoms with Crippen LogP contribution in [0.1, 0.15) is 42.1 Å². The summed E-state index contributed by atoms with van der Waals surface area (Å²) in [4.78, 5) is 30.6. The van der Waals surface area contributed by atoms with Gasteiger partial charge >= 0.3 is 0 Å². The fourth-order valence-electron chi connectivity index (χ4n) is 3.09. The van der Waals surface area contributed by atoms with Gasteiger partial charge in [-0.2, -0.15) is 0 Å². The molecule has 3 rings (SSSR count). The van der Waals surface area contributed by atoms with Gasteiger partial charge in [0.05, 0.1) is 12.2 Å². The number of nitrogens with zero attached hydrogens (tertiary/aromatic N) is 2. The summed E-state index contributed by atoms with van der Waals surface area (Å²) in [6, 6.07) is 5.74. The van der Waals surface area contributed by atoms with E-state index in [1.165, 1.54) is 6.42 Å². The summed E-state index contributed by atoms with van der Waals surface area (Å²) in [7, 11) is 0. The van der Waals surface area contributed by atoms with Crippen LogP contribution in [0, 0.1) is 6.92 Å². The summed E-state index contributed by atoms with van der Waals surface area (Å²) in [5.41, 5.74) is 7.76. The third-order valence-corrected chi connectivity index (χ3v) is 4.46. The highest BCUT2D eigenvalue weighted by molar-refractivity contribution is 6.41. The third kappa shape index (κ3) is 3.27. The number of carbonyl (C=O) groups excluding carboxylic acids is 2. The number of carbonyl (C=O) groups is 2. The Morgan fingerprint density at radius 1 is 1.35 bits per heavy atom. The molecule has 122 valence electrons. The lowest BCUT2D eigenvalue weighted by Gasteiger charge is -2.33. The number of rotatable bonds is 2. The molecular formula is C17H22N4O2. The van der Waals surface area contributed by atoms with Gasteiger partial charge in [0.15, 0.2) is 5.84 Å². The Kier molecular flexibility index (Phi) is 4.43. The van der Waals surface area contributed by atoms with E-state index in [-0.39, 0.29) is 18.2 Å². The van der Waals surface area contributed by atoms with Crippen molar-refractivity contribution in [3.63, 3.8) is 0 Å². The highest BCUT2D eigenvalue weighted by atomic mass is 16.2. The van der Waals surface area contributed by atoms with Crippen molar-refractivity contribution >= 4 is 23.2 Å². The number of aryl methyl sites for hydroxylation is 1. The maximum atomic E-state index is 12.8. The van der Waals surface area contributed by atoms with Crippen LogP contribution in [0.5, 0.6) is 0 Å². The molecule has 1 atom stereocenters. The van der Waals surface area contributed by atoms with Gasteiger partial charge in [-0.05, 0) is 56.9 Å². The van der Waals surface area contributed by atoms with Crippen molar-refractivity contribution in [2.45, 2.75) is 39.2 Å². The Balaban J connectivity index is 1.82. The standard InChI is InChI=1S/C17H22N4O2/c1-11-9-13(19-16-15(22)10-18-20-16)6-7-14(11)17(23)21-8-4-3-5-12(21)2/h6-7,9,12,18H,3-5,8,10H2,1-2H3,(H,19,20)/t12-/m0/s1. The van der Waals surface area contributed by atoms with E-state index in [0.717, 1.165) is 24.9 Å². The topological polar surface area (TPSA) is 73.8 Å². The van der Waals surface area contributed by atoms with E-state index in [9.17, 15) is 9.59 Å². The van der Waals surface area contributed by atoms with E-state index in [0.29, 0.717) is 23.1 Å². The quantitative estimate of drug-likeness (QED) is 0.871. The molecule has 2 N–H and O–H groups in total. The first-order valence-electron chi connectivity index (χ1n) is 8.08. The van der Waals surface area contributed by atoms with Gasteiger partial charge in [0, 0.05) is 18.2 Å². The molecule has 2 heterocycles. The molecule has 0 unspecified atom stereocenters. The zero-order valence-corrected chi connectivity index (χ0v) is 13.6. The van der Waals surface area contributed by atoms with Gasteiger partial charge in [-0.25, -0.2) is 10.4 Å². The van der Waals surface area contributed by atoms with E-state index in [1.54, 1.807) is 6.07 Å². The summed E-state index contributed by atoms with van der Waals surface area (Å²) in [6.45, 7) is 5.10. The van der Waals surface area contributed by atoms with Crippen molar-refractivity contribution in [3.8, 4) is 0 Å². The average molecular weight is 314 g/mol. The van der Waals surface area contributed by atoms with Gasteiger partial charge < -0.3 is 10.3 Å². The smallest absolute Gasteiger partial charge is 0.254 e. The van der Waals surface area contributed by atoms with Crippen molar-refractivity contribution in [2.75, 3.05) is 13.1 Å². The van der Waals surface area contributed by atoms with Crippen LogP contribution >= 0.6 is 0 Å². The predicted molar refractivity (Wildman–Crippen MR) is 88.8 cm³/mol. The zero-order chi connectivity index (χ0) is 16.4. The Morgan fingerprint density at radius 2 is 2.17 bits per heavy atom. The summed E-state index contributed by atoms with van der Waals surface area (Å²) in [6.07, 6.45) is 3.33. The van der Waals surface area contributed by atoms with Crippen molar-refractivity contribution in [3.05, 3.63) is 29.3 Å². The molecule has 1 amide bonds. The van der Waals surface area contributed by atoms with E-state index in [1.807, 2.05) is 24.0 Å². The van der Waals surface area contributed by atoms with Crippen LogP contribution in [0.4, 0.5) is 5.69 Å². The Morgan fingerprint density at radius 3 is 2.83 bits per heavy atom. The largest absolute Gasteiger partial charge is 0.336 e. The minimum absolute atomic E-state index is 0.0649. The summed E-state index contributed by atoms with van der Waals surface area (Å²) in [5, 5.41) is 0. The first-order chi connectivity index (χ1) is 11.1. The number of hydrogen-bond acceptors (Lipinski definition) is 4. The maximum absolute atomic E-state index is 12.8. The van der Waals surface area contributed by atoms with Gasteiger partial charge in [-0.3, -0.25) is 9.59 Å². The number of Topliss-reactive ketones (excluding diaryl/α,β-unsaturated/α-hetero) is 1. The summed E-state index contributed by atoms with van der Waals surface area (Å²) < 4.78 is 0. The van der Waals surface area contributed by atoms with Crippen LogP contribution in [-0.4, -0.2) is 41.6 Å². The molecule has 0 radical (unpaired) electrons. The normalized spacial score (nSPS) is 23.2. The number of ketones is 1. The molecule has 6 heteroatoms. The minimum atomic E-state index is -0.0649. The van der Waals surface area contributed by atoms with Crippen molar-refractivity contribution in [1.29, 1.82) is 0 Å². The first-order valence-corrected chi connectivity index (χ1v) is 8.08. The number of amides is 1. The molecule has 6 nitrogen and oxygen atoms in total. The number of likely N-dealkylation sites (tertiary alicyclic amines) is 1. The number of amidine groups is 1. The summed E-state index contributed by atoms with van der Waals surface area (Å²) in [5.74, 6) is 0.337. The fourth-order valence-corrected chi connectivity index (χ4v) is 3.09. The molecule has 0 spiro atoms. The maximum Gasteiger partial charge on any atom is 0.254 e. The monoisotopic (exact) mass is 314 g/mol. The zero-order valence-electron chi connectivity index (χ0n) is 13.6. The number of benzene rings is 1. The first kappa shape index (κ1) is 15.7. The van der Waals surface area contributed by atoms with E-state index >= 15 is 0 Å². The van der Waals surface area contributed by atoms with Crippen molar-refractivity contribution in [2.24, 2.45) is 4.99 Å². The molecule has 23 heavy (non-hydrogen) atoms. The number of nitrogens with one attached hydrogen (secondary N) is 2. The van der Waals surface area contributed by atoms with E-state index in [2.05, 4.69) is 22.8 Å². The van der Waals surface area contributed by atoms with Crippen LogP contribution in [0.2, 0.25) is 0 Å². The molecule has 0 saturated carbocycles. The molecule has 2 aliphatic heterocycles. The Bertz CT molecular complexity index is 669. The predicted octanol–water partition coefficient (Wildman–Crippen LogP) is 1.72. The van der Waals surface area contributed by atoms with E-state index in [4.69, 9.17) is 0 Å². The average Bonchev–Trinajstić information content (AvgIpc) is 2.92. The second kappa shape index (κ2) is 6.50.